The summed E-state index contributed by atoms with van der Waals surface area (Å²) in [5.74, 6) is 0. The van der Waals surface area contributed by atoms with Gasteiger partial charge in [-0.3, -0.25) is 0 Å². The van der Waals surface area contributed by atoms with E-state index in [1.54, 1.807) is 25.2 Å². The highest BCUT2D eigenvalue weighted by molar-refractivity contribution is 7.92. The molecule has 0 saturated heterocycles. The Balaban J connectivity index is 2.94. The minimum Gasteiger partial charge on any atom is -0.312 e. The zero-order chi connectivity index (χ0) is 14.7. The Morgan fingerprint density at radius 3 is 2.53 bits per heavy atom. The second-order valence-corrected chi connectivity index (χ2v) is 9.10. The molecule has 1 atom stereocenters. The van der Waals surface area contributed by atoms with Gasteiger partial charge in [-0.05, 0) is 33.7 Å². The van der Waals surface area contributed by atoms with Crippen molar-refractivity contribution in [2.24, 2.45) is 0 Å². The summed E-state index contributed by atoms with van der Waals surface area (Å²) in [4.78, 5) is 4.44. The van der Waals surface area contributed by atoms with Crippen molar-refractivity contribution in [1.29, 1.82) is 0 Å². The molecule has 6 heteroatoms. The fraction of sp³-hybridized carbons (Fsp3) is 0.769. The summed E-state index contributed by atoms with van der Waals surface area (Å²) < 4.78 is 23.2. The van der Waals surface area contributed by atoms with Crippen LogP contribution < -0.4 is 5.32 Å². The maximum absolute atomic E-state index is 12.0. The molecule has 19 heavy (non-hydrogen) atoms. The predicted molar refractivity (Wildman–Crippen MR) is 81.6 cm³/mol. The number of thiazole rings is 1. The molecule has 1 N–H and O–H groups in total. The fourth-order valence-electron chi connectivity index (χ4n) is 1.85. The minimum absolute atomic E-state index is 0.121. The lowest BCUT2D eigenvalue weighted by atomic mass is 9.98. The Labute approximate surface area is 120 Å². The highest BCUT2D eigenvalue weighted by atomic mass is 32.2. The third-order valence-corrected chi connectivity index (χ3v) is 6.53. The van der Waals surface area contributed by atoms with Crippen molar-refractivity contribution in [3.63, 3.8) is 0 Å². The highest BCUT2D eigenvalue weighted by Crippen LogP contribution is 2.23. The van der Waals surface area contributed by atoms with Gasteiger partial charge in [-0.2, -0.15) is 0 Å². The number of rotatable bonds is 7. The number of nitrogens with zero attached hydrogens (tertiary/aromatic N) is 1. The first-order valence-electron chi connectivity index (χ1n) is 6.52. The molecule has 0 aliphatic heterocycles. The summed E-state index contributed by atoms with van der Waals surface area (Å²) in [6.45, 7) is 8.42. The molecule has 1 heterocycles. The summed E-state index contributed by atoms with van der Waals surface area (Å²) in [6.07, 6.45) is 2.93. The van der Waals surface area contributed by atoms with E-state index in [9.17, 15) is 8.42 Å². The van der Waals surface area contributed by atoms with Gasteiger partial charge in [0.25, 0.3) is 0 Å². The molecule has 1 unspecified atom stereocenters. The van der Waals surface area contributed by atoms with Gasteiger partial charge in [-0.25, -0.2) is 13.4 Å². The van der Waals surface area contributed by atoms with Crippen LogP contribution in [0.1, 0.15) is 37.9 Å². The molecular formula is C13H24N2O2S2. The van der Waals surface area contributed by atoms with Crippen molar-refractivity contribution in [1.82, 2.24) is 10.3 Å². The molecule has 1 rings (SSSR count). The van der Waals surface area contributed by atoms with Crippen molar-refractivity contribution in [3.8, 4) is 0 Å². The molecular weight excluding hydrogens is 280 g/mol. The molecule has 1 aromatic rings. The minimum atomic E-state index is -3.13. The lowest BCUT2D eigenvalue weighted by molar-refractivity contribution is 0.404. The molecule has 0 aromatic carbocycles. The van der Waals surface area contributed by atoms with E-state index in [0.29, 0.717) is 6.42 Å². The van der Waals surface area contributed by atoms with Gasteiger partial charge in [0, 0.05) is 24.1 Å². The van der Waals surface area contributed by atoms with E-state index in [2.05, 4.69) is 17.2 Å². The largest absolute Gasteiger partial charge is 0.312 e. The van der Waals surface area contributed by atoms with Crippen molar-refractivity contribution < 1.29 is 8.42 Å². The standard InChI is InChI=1S/C13H24N2O2S2/c1-6-7-14-12(13(3,4)19(5,16)17)8-11-9-18-10(2)15-11/h9,12,14H,6-8H2,1-5H3. The molecule has 0 aliphatic carbocycles. The van der Waals surface area contributed by atoms with E-state index < -0.39 is 14.6 Å². The van der Waals surface area contributed by atoms with Crippen molar-refractivity contribution in [2.45, 2.75) is 51.3 Å². The number of aromatic nitrogens is 1. The monoisotopic (exact) mass is 304 g/mol. The molecule has 0 saturated carbocycles. The van der Waals surface area contributed by atoms with Gasteiger partial charge in [0.1, 0.15) is 0 Å². The summed E-state index contributed by atoms with van der Waals surface area (Å²) in [7, 11) is -3.13. The second-order valence-electron chi connectivity index (χ2n) is 5.44. The summed E-state index contributed by atoms with van der Waals surface area (Å²) in [5.41, 5.74) is 0.966. The Morgan fingerprint density at radius 1 is 1.47 bits per heavy atom. The molecule has 0 spiro atoms. The van der Waals surface area contributed by atoms with Gasteiger partial charge >= 0.3 is 0 Å². The van der Waals surface area contributed by atoms with Gasteiger partial charge < -0.3 is 5.32 Å². The van der Waals surface area contributed by atoms with Crippen LogP contribution in [-0.4, -0.2) is 37.0 Å². The zero-order valence-corrected chi connectivity index (χ0v) is 14.0. The third-order valence-electron chi connectivity index (χ3n) is 3.52. The molecule has 0 amide bonds. The molecule has 0 bridgehead atoms. The zero-order valence-electron chi connectivity index (χ0n) is 12.4. The number of nitrogens with one attached hydrogen (secondary N) is 1. The number of sulfone groups is 1. The van der Waals surface area contributed by atoms with E-state index in [-0.39, 0.29) is 6.04 Å². The fourth-order valence-corrected chi connectivity index (χ4v) is 3.16. The van der Waals surface area contributed by atoms with Gasteiger partial charge in [-0.15, -0.1) is 11.3 Å². The summed E-state index contributed by atoms with van der Waals surface area (Å²) in [6, 6.07) is -0.121. The second kappa shape index (κ2) is 6.33. The average molecular weight is 304 g/mol. The van der Waals surface area contributed by atoms with Crippen LogP contribution in [0.4, 0.5) is 0 Å². The normalized spacial score (nSPS) is 14.6. The predicted octanol–water partition coefficient (Wildman–Crippen LogP) is 2.19. The van der Waals surface area contributed by atoms with Crippen LogP contribution in [0.2, 0.25) is 0 Å². The number of hydrogen-bond donors (Lipinski definition) is 1. The number of aryl methyl sites for hydroxylation is 1. The first-order valence-corrected chi connectivity index (χ1v) is 9.29. The molecule has 0 aliphatic rings. The van der Waals surface area contributed by atoms with Gasteiger partial charge in [0.2, 0.25) is 0 Å². The van der Waals surface area contributed by atoms with Crippen LogP contribution in [0.3, 0.4) is 0 Å². The van der Waals surface area contributed by atoms with Gasteiger partial charge in [-0.1, -0.05) is 6.92 Å². The molecule has 0 fully saturated rings. The van der Waals surface area contributed by atoms with Crippen LogP contribution >= 0.6 is 11.3 Å². The topological polar surface area (TPSA) is 59.1 Å². The summed E-state index contributed by atoms with van der Waals surface area (Å²) >= 11 is 1.60. The van der Waals surface area contributed by atoms with Crippen LogP contribution in [0.25, 0.3) is 0 Å². The SMILES string of the molecule is CCCNC(Cc1csc(C)n1)C(C)(C)S(C)(=O)=O. The van der Waals surface area contributed by atoms with E-state index in [1.165, 1.54) is 6.26 Å². The maximum Gasteiger partial charge on any atom is 0.154 e. The molecule has 110 valence electrons. The lowest BCUT2D eigenvalue weighted by Crippen LogP contribution is -2.52. The Kier molecular flexibility index (Phi) is 5.53. The third kappa shape index (κ3) is 4.26. The van der Waals surface area contributed by atoms with Crippen LogP contribution in [-0.2, 0) is 16.3 Å². The Hall–Kier alpha value is -0.460. The van der Waals surface area contributed by atoms with E-state index in [4.69, 9.17) is 0 Å². The first-order chi connectivity index (χ1) is 8.68. The average Bonchev–Trinajstić information content (AvgIpc) is 2.68. The van der Waals surface area contributed by atoms with E-state index in [0.717, 1.165) is 23.7 Å². The van der Waals surface area contributed by atoms with E-state index >= 15 is 0 Å². The molecule has 4 nitrogen and oxygen atoms in total. The van der Waals surface area contributed by atoms with Gasteiger partial charge in [0.05, 0.1) is 15.4 Å². The molecule has 0 radical (unpaired) electrons. The van der Waals surface area contributed by atoms with Crippen LogP contribution in [0.15, 0.2) is 5.38 Å². The Bertz CT molecular complexity index is 506. The lowest BCUT2D eigenvalue weighted by Gasteiger charge is -2.33. The first kappa shape index (κ1) is 16.6. The quantitative estimate of drug-likeness (QED) is 0.839. The molecule has 1 aromatic heterocycles. The smallest absolute Gasteiger partial charge is 0.154 e. The van der Waals surface area contributed by atoms with Crippen molar-refractivity contribution in [2.75, 3.05) is 12.8 Å². The van der Waals surface area contributed by atoms with E-state index in [1.807, 2.05) is 12.3 Å². The van der Waals surface area contributed by atoms with Crippen molar-refractivity contribution in [3.05, 3.63) is 16.1 Å². The van der Waals surface area contributed by atoms with Crippen LogP contribution in [0.5, 0.6) is 0 Å². The van der Waals surface area contributed by atoms with Crippen molar-refractivity contribution >= 4 is 21.2 Å². The van der Waals surface area contributed by atoms with Crippen LogP contribution in [0, 0.1) is 6.92 Å². The number of hydrogen-bond acceptors (Lipinski definition) is 5. The summed E-state index contributed by atoms with van der Waals surface area (Å²) in [5, 5.41) is 6.38. The Morgan fingerprint density at radius 2 is 2.11 bits per heavy atom. The highest BCUT2D eigenvalue weighted by Gasteiger charge is 2.38. The van der Waals surface area contributed by atoms with Gasteiger partial charge in [0.15, 0.2) is 9.84 Å². The maximum atomic E-state index is 12.0.